The van der Waals surface area contributed by atoms with Gasteiger partial charge in [-0.25, -0.2) is 9.13 Å². The van der Waals surface area contributed by atoms with Crippen molar-refractivity contribution in [3.05, 3.63) is 243 Å². The molecular weight excluding hydrogens is 1840 g/mol. The summed E-state index contributed by atoms with van der Waals surface area (Å²) in [6.07, 6.45) is 0. The normalized spacial score (nSPS) is 32.3. The van der Waals surface area contributed by atoms with Gasteiger partial charge in [-0.1, -0.05) is 243 Å². The van der Waals surface area contributed by atoms with E-state index in [9.17, 15) is 18.9 Å². The van der Waals surface area contributed by atoms with E-state index in [0.717, 1.165) is 0 Å². The molecule has 2 N–H and O–H groups in total. The third-order valence-corrected chi connectivity index (χ3v) is 70.8. The smallest absolute Gasteiger partial charge is 0.413 e. The molecule has 8 aliphatic rings. The maximum absolute atomic E-state index is 13.0. The van der Waals surface area contributed by atoms with Crippen LogP contribution < -0.4 is 41.5 Å². The van der Waals surface area contributed by atoms with Gasteiger partial charge < -0.3 is 105 Å². The van der Waals surface area contributed by atoms with Crippen molar-refractivity contribution in [2.24, 2.45) is 0 Å². The van der Waals surface area contributed by atoms with Crippen LogP contribution in [0.5, 0.6) is 0 Å². The molecule has 0 aromatic heterocycles. The van der Waals surface area contributed by atoms with Gasteiger partial charge in [0.25, 0.3) is 0 Å². The van der Waals surface area contributed by atoms with Crippen LogP contribution in [0.3, 0.4) is 0 Å². The Morgan fingerprint density at radius 1 is 0.185 bits per heavy atom. The molecule has 124 heavy (non-hydrogen) atoms. The van der Waals surface area contributed by atoms with E-state index in [2.05, 4.69) is 52.4 Å². The molecule has 8 aromatic rings. The predicted octanol–water partition coefficient (Wildman–Crippen LogP) is 8.28. The summed E-state index contributed by atoms with van der Waals surface area (Å²) in [6.45, 7) is 17.0. The van der Waals surface area contributed by atoms with E-state index in [0.29, 0.717) is 65.7 Å². The van der Waals surface area contributed by atoms with Gasteiger partial charge in [0.15, 0.2) is 33.3 Å². The van der Waals surface area contributed by atoms with Gasteiger partial charge in [0, 0.05) is 67.9 Å². The third-order valence-electron chi connectivity index (χ3n) is 20.2. The van der Waals surface area contributed by atoms with Crippen LogP contribution in [-0.2, 0) is 123 Å². The number of benzene rings is 8. The molecular formula is C80H114O30P2Si12. The fourth-order valence-corrected chi connectivity index (χ4v) is 74.4. The summed E-state index contributed by atoms with van der Waals surface area (Å²) in [6, 6.07) is 77.4. The van der Waals surface area contributed by atoms with E-state index in [1.165, 1.54) is 0 Å². The Kier molecular flexibility index (Phi) is 34.4. The number of hydrogen-bond donors (Lipinski definition) is 2. The first kappa shape index (κ1) is 97.2. The average molecular weight is 1950 g/mol. The molecule has 0 radical (unpaired) electrons. The molecule has 8 heterocycles. The van der Waals surface area contributed by atoms with Gasteiger partial charge in [-0.2, -0.15) is 0 Å². The largest absolute Gasteiger partial charge is 0.515 e. The average Bonchev–Trinajstić information content (AvgIpc) is 0.683. The number of ether oxygens (including phenoxy) is 8. The van der Waals surface area contributed by atoms with Crippen LogP contribution in [0.25, 0.3) is 0 Å². The van der Waals surface area contributed by atoms with E-state index in [1.54, 1.807) is 0 Å². The second-order valence-corrected chi connectivity index (χ2v) is 75.9. The van der Waals surface area contributed by atoms with Crippen molar-refractivity contribution < 1.29 is 133 Å². The molecule has 0 aliphatic carbocycles. The van der Waals surface area contributed by atoms with E-state index >= 15 is 0 Å². The summed E-state index contributed by atoms with van der Waals surface area (Å²) in [4.78, 5) is 21.2. The molecule has 16 rings (SSSR count). The number of hydrogen-bond acceptors (Lipinski definition) is 28. The monoisotopic (exact) mass is 1950 g/mol. The lowest BCUT2D eigenvalue weighted by Crippen LogP contribution is -2.91. The Morgan fingerprint density at radius 2 is 0.306 bits per heavy atom. The summed E-state index contributed by atoms with van der Waals surface area (Å²) < 4.78 is 220. The first-order valence-electron chi connectivity index (χ1n) is 41.7. The maximum atomic E-state index is 13.0. The molecule has 0 amide bonds. The molecule has 8 fully saturated rings. The number of phosphoric acid groups is 2. The molecule has 672 valence electrons. The van der Waals surface area contributed by atoms with Crippen LogP contribution in [0.2, 0.25) is 76.6 Å². The Morgan fingerprint density at radius 3 is 0.452 bits per heavy atom. The molecule has 8 bridgehead atoms. The van der Waals surface area contributed by atoms with Crippen LogP contribution in [0.4, 0.5) is 0 Å². The summed E-state index contributed by atoms with van der Waals surface area (Å²) in [5.74, 6) is 0. The van der Waals surface area contributed by atoms with Crippen molar-refractivity contribution in [1.82, 2.24) is 0 Å². The Labute approximate surface area is 739 Å². The zero-order valence-electron chi connectivity index (χ0n) is 71.3. The number of phosphoric ester groups is 2. The highest BCUT2D eigenvalue weighted by Gasteiger charge is 2.81. The first-order valence-corrected chi connectivity index (χ1v) is 70.9. The van der Waals surface area contributed by atoms with E-state index < -0.39 is 119 Å². The fourth-order valence-electron chi connectivity index (χ4n) is 14.0. The predicted molar refractivity (Wildman–Crippen MR) is 489 cm³/mol. The lowest BCUT2D eigenvalue weighted by Gasteiger charge is -2.58. The minimum atomic E-state index is -5.70. The fraction of sp³-hybridized carbons (Fsp3) is 0.400. The summed E-state index contributed by atoms with van der Waals surface area (Å²) in [5.41, 5.74) is 0. The summed E-state index contributed by atoms with van der Waals surface area (Å²) >= 11 is 0. The lowest BCUT2D eigenvalue weighted by molar-refractivity contribution is 0.0223. The van der Waals surface area contributed by atoms with Gasteiger partial charge >= 0.3 is 86.1 Å². The zero-order chi connectivity index (χ0) is 87.3. The molecule has 8 saturated heterocycles. The topological polar surface area (TPSA) is 315 Å². The van der Waals surface area contributed by atoms with E-state index in [1.807, 2.05) is 243 Å². The Hall–Kier alpha value is -4.30. The second kappa shape index (κ2) is 43.8. The molecule has 0 saturated carbocycles. The quantitative estimate of drug-likeness (QED) is 0.0821. The molecule has 0 unspecified atom stereocenters. The standard InChI is InChI=1S/C80H114O30P2Si12/c1-113(2)69-65-89-53-49-85-57-61-93-111(81,82)94-62-58-87-51-55-91-67-71-115(5,6)99-119(75-37-21-11-22-38-75)105-123(79-45-29-15-30-46-79)107-120(76-39-23-12-24-40-76)100-116(7,8)72-68-92-56-52-88-60-64-96-112(83,84)95-63-59-86-50-54-90-66-70-114(3,4)98-118(74-35-19-10-20-36-74)103-121(109-123,77-41-25-13-26-42-77)101-117(97-113,73-33-17-9-18-34-73)102-122(104-118,78-43-27-14-28-44-78)110-124(106-119,108-120)80-47-31-16-32-48-80/h9-48H,49-72H2,1-8H3,(H,81,82)(H,83,84). The van der Waals surface area contributed by atoms with Crippen LogP contribution in [0, 0.1) is 0 Å². The van der Waals surface area contributed by atoms with Gasteiger partial charge in [0.05, 0.1) is 106 Å². The van der Waals surface area contributed by atoms with Crippen LogP contribution >= 0.6 is 15.6 Å². The zero-order valence-corrected chi connectivity index (χ0v) is 85.1. The van der Waals surface area contributed by atoms with Crippen LogP contribution in [-0.4, -0.2) is 246 Å². The summed E-state index contributed by atoms with van der Waals surface area (Å²) in [7, 11) is -67.0. The molecule has 8 aromatic carbocycles. The first-order chi connectivity index (χ1) is 59.6. The molecule has 8 aliphatic heterocycles. The van der Waals surface area contributed by atoms with Crippen molar-refractivity contribution in [3.63, 3.8) is 0 Å². The van der Waals surface area contributed by atoms with Gasteiger partial charge in [-0.3, -0.25) is 18.1 Å². The van der Waals surface area contributed by atoms with Crippen molar-refractivity contribution >= 4 is 161 Å². The highest BCUT2D eigenvalue weighted by molar-refractivity contribution is 7.47. The van der Waals surface area contributed by atoms with Crippen molar-refractivity contribution in [3.8, 4) is 0 Å². The minimum Gasteiger partial charge on any atom is -0.413 e. The third kappa shape index (κ3) is 26.1. The number of rotatable bonds is 8. The van der Waals surface area contributed by atoms with E-state index in [-0.39, 0.29) is 132 Å². The van der Waals surface area contributed by atoms with Gasteiger partial charge in [0.1, 0.15) is 0 Å². The van der Waals surface area contributed by atoms with Crippen molar-refractivity contribution in [1.29, 1.82) is 0 Å². The maximum Gasteiger partial charge on any atom is 0.515 e. The van der Waals surface area contributed by atoms with Crippen LogP contribution in [0.1, 0.15) is 0 Å². The summed E-state index contributed by atoms with van der Waals surface area (Å²) in [5, 5.41) is 3.26. The SMILES string of the molecule is C[Si]1(C)CCOCCOCCOP(=O)(O)OCCOCCOCC[Si](C)(C)O[Si]2(c3ccccc3)O[Si]3(c4ccccc4)O[Si]4(c5ccccc5)O[Si](C)(C)CCOCCOCCOP(=O)(O)OCCOCCOCC[Si](C)(C)O[Si]5(c6ccccc6)O[Si](c6ccccc6)(O[Si](c6ccccc6)(O1)O[Si](c1ccccc1)(O5)O[Si](c1ccccc1)(O2)O4)O3. The van der Waals surface area contributed by atoms with E-state index in [4.69, 9.17) is 114 Å². The van der Waals surface area contributed by atoms with Crippen molar-refractivity contribution in [2.45, 2.75) is 76.6 Å². The second-order valence-electron chi connectivity index (χ2n) is 32.0. The minimum absolute atomic E-state index is 0.0372. The Bertz CT molecular complexity index is 4080. The highest BCUT2D eigenvalue weighted by Crippen LogP contribution is 2.47. The highest BCUT2D eigenvalue weighted by atomic mass is 31.2. The molecule has 0 atom stereocenters. The molecule has 44 heteroatoms. The van der Waals surface area contributed by atoms with Gasteiger partial charge in [0.2, 0.25) is 0 Å². The van der Waals surface area contributed by atoms with Crippen LogP contribution in [0.15, 0.2) is 243 Å². The molecule has 30 nitrogen and oxygen atoms in total. The van der Waals surface area contributed by atoms with Gasteiger partial charge in [-0.05, 0) is 76.6 Å². The lowest BCUT2D eigenvalue weighted by atomic mass is 10.4. The van der Waals surface area contributed by atoms with Crippen molar-refractivity contribution in [2.75, 3.05) is 132 Å². The van der Waals surface area contributed by atoms with Gasteiger partial charge in [-0.15, -0.1) is 0 Å². The number of fused-ring (bicyclic) bond motifs is 44. The molecule has 0 spiro atoms. The Balaban J connectivity index is 1.17.